The average Bonchev–Trinajstić information content (AvgIpc) is 3.38. The van der Waals surface area contributed by atoms with E-state index in [-0.39, 0.29) is 17.7 Å². The van der Waals surface area contributed by atoms with Gasteiger partial charge in [0.05, 0.1) is 0 Å². The number of benzene rings is 1. The van der Waals surface area contributed by atoms with E-state index >= 15 is 0 Å². The molecule has 7 nitrogen and oxygen atoms in total. The van der Waals surface area contributed by atoms with E-state index in [2.05, 4.69) is 5.32 Å². The van der Waals surface area contributed by atoms with Gasteiger partial charge in [-0.05, 0) is 30.7 Å². The molecular formula is C23H37N3O4. The lowest BCUT2D eigenvalue weighted by Crippen LogP contribution is -2.52. The number of rotatable bonds is 6. The van der Waals surface area contributed by atoms with Gasteiger partial charge in [0, 0.05) is 26.6 Å². The lowest BCUT2D eigenvalue weighted by atomic mass is 10.0. The molecule has 2 atom stereocenters. The van der Waals surface area contributed by atoms with E-state index in [4.69, 9.17) is 5.11 Å². The molecule has 2 N–H and O–H groups in total. The van der Waals surface area contributed by atoms with Gasteiger partial charge in [-0.3, -0.25) is 9.59 Å². The summed E-state index contributed by atoms with van der Waals surface area (Å²) in [6.07, 6.45) is 2.88. The van der Waals surface area contributed by atoms with Crippen molar-refractivity contribution in [1.29, 1.82) is 0 Å². The van der Waals surface area contributed by atoms with E-state index < -0.39 is 18.1 Å². The molecule has 0 radical (unpaired) electrons. The fraction of sp³-hybridized carbons (Fsp3) is 0.609. The van der Waals surface area contributed by atoms with Gasteiger partial charge in [-0.2, -0.15) is 0 Å². The SMILES string of the molecule is CC.CC(C)CC1NC(=O)N(C(Cc2ccccc2)C(=O)N2CCCC2)C1=O.CO. The summed E-state index contributed by atoms with van der Waals surface area (Å²) in [6, 6.07) is 7.80. The monoisotopic (exact) mass is 419 g/mol. The Morgan fingerprint density at radius 3 is 2.20 bits per heavy atom. The topological polar surface area (TPSA) is 90.0 Å². The third-order valence-electron chi connectivity index (χ3n) is 5.05. The minimum Gasteiger partial charge on any atom is -0.400 e. The first-order chi connectivity index (χ1) is 14.5. The van der Waals surface area contributed by atoms with Crippen molar-refractivity contribution in [3.63, 3.8) is 0 Å². The van der Waals surface area contributed by atoms with Crippen LogP contribution < -0.4 is 5.32 Å². The molecule has 0 spiro atoms. The number of aliphatic hydroxyl groups is 1. The molecule has 2 unspecified atom stereocenters. The number of hydrogen-bond acceptors (Lipinski definition) is 4. The van der Waals surface area contributed by atoms with Crippen molar-refractivity contribution in [2.24, 2.45) is 5.92 Å². The number of aliphatic hydroxyl groups excluding tert-OH is 1. The Labute approximate surface area is 180 Å². The lowest BCUT2D eigenvalue weighted by molar-refractivity contribution is -0.141. The number of hydrogen-bond donors (Lipinski definition) is 2. The van der Waals surface area contributed by atoms with Crippen molar-refractivity contribution in [3.8, 4) is 0 Å². The van der Waals surface area contributed by atoms with Crippen LogP contribution in [-0.2, 0) is 16.0 Å². The van der Waals surface area contributed by atoms with Gasteiger partial charge in [0.15, 0.2) is 0 Å². The van der Waals surface area contributed by atoms with Gasteiger partial charge < -0.3 is 15.3 Å². The fourth-order valence-corrected chi connectivity index (χ4v) is 3.75. The van der Waals surface area contributed by atoms with Gasteiger partial charge in [0.2, 0.25) is 5.91 Å². The van der Waals surface area contributed by atoms with Gasteiger partial charge in [-0.15, -0.1) is 0 Å². The van der Waals surface area contributed by atoms with Gasteiger partial charge in [0.1, 0.15) is 12.1 Å². The van der Waals surface area contributed by atoms with E-state index in [0.717, 1.165) is 25.5 Å². The summed E-state index contributed by atoms with van der Waals surface area (Å²) in [5.74, 6) is -0.122. The van der Waals surface area contributed by atoms with Crippen LogP contribution in [-0.4, -0.2) is 65.0 Å². The van der Waals surface area contributed by atoms with E-state index in [0.29, 0.717) is 25.9 Å². The van der Waals surface area contributed by atoms with Crippen LogP contribution in [0.15, 0.2) is 30.3 Å². The number of urea groups is 1. The Morgan fingerprint density at radius 2 is 1.67 bits per heavy atom. The molecule has 4 amide bonds. The van der Waals surface area contributed by atoms with Crippen molar-refractivity contribution in [1.82, 2.24) is 15.1 Å². The molecular weight excluding hydrogens is 382 g/mol. The average molecular weight is 420 g/mol. The molecule has 2 saturated heterocycles. The highest BCUT2D eigenvalue weighted by Gasteiger charge is 2.45. The number of likely N-dealkylation sites (tertiary alicyclic amines) is 1. The molecule has 2 fully saturated rings. The predicted octanol–water partition coefficient (Wildman–Crippen LogP) is 2.82. The third kappa shape index (κ3) is 6.55. The Hall–Kier alpha value is -2.41. The lowest BCUT2D eigenvalue weighted by Gasteiger charge is -2.28. The highest BCUT2D eigenvalue weighted by atomic mass is 16.2. The summed E-state index contributed by atoms with van der Waals surface area (Å²) in [5, 5.41) is 9.76. The van der Waals surface area contributed by atoms with Crippen molar-refractivity contribution >= 4 is 17.8 Å². The second kappa shape index (κ2) is 13.0. The normalized spacial score (nSPS) is 19.0. The van der Waals surface area contributed by atoms with Crippen LogP contribution in [0.2, 0.25) is 0 Å². The largest absolute Gasteiger partial charge is 0.400 e. The molecule has 168 valence electrons. The van der Waals surface area contributed by atoms with Crippen LogP contribution in [0.5, 0.6) is 0 Å². The first kappa shape index (κ1) is 25.6. The Kier molecular flexibility index (Phi) is 11.1. The van der Waals surface area contributed by atoms with E-state index in [1.165, 1.54) is 4.90 Å². The number of imide groups is 1. The smallest absolute Gasteiger partial charge is 0.325 e. The minimum atomic E-state index is -0.778. The molecule has 0 aliphatic carbocycles. The Balaban J connectivity index is 0.00000106. The highest BCUT2D eigenvalue weighted by molar-refractivity contribution is 6.07. The van der Waals surface area contributed by atoms with E-state index in [1.54, 1.807) is 4.90 Å². The summed E-state index contributed by atoms with van der Waals surface area (Å²) in [4.78, 5) is 41.5. The maximum Gasteiger partial charge on any atom is 0.325 e. The zero-order valence-electron chi connectivity index (χ0n) is 18.9. The summed E-state index contributed by atoms with van der Waals surface area (Å²) in [6.45, 7) is 9.42. The summed E-state index contributed by atoms with van der Waals surface area (Å²) in [7, 11) is 1.00. The zero-order chi connectivity index (χ0) is 22.7. The van der Waals surface area contributed by atoms with Gasteiger partial charge in [-0.1, -0.05) is 58.0 Å². The first-order valence-corrected chi connectivity index (χ1v) is 10.9. The molecule has 2 aliphatic rings. The van der Waals surface area contributed by atoms with Crippen molar-refractivity contribution in [2.45, 2.75) is 65.5 Å². The summed E-state index contributed by atoms with van der Waals surface area (Å²) >= 11 is 0. The summed E-state index contributed by atoms with van der Waals surface area (Å²) in [5.41, 5.74) is 0.943. The van der Waals surface area contributed by atoms with Crippen molar-refractivity contribution in [2.75, 3.05) is 20.2 Å². The van der Waals surface area contributed by atoms with Gasteiger partial charge >= 0.3 is 6.03 Å². The second-order valence-corrected chi connectivity index (χ2v) is 7.58. The molecule has 2 heterocycles. The number of carbonyl (C=O) groups excluding carboxylic acids is 3. The molecule has 0 bridgehead atoms. The standard InChI is InChI=1S/C20H27N3O3.C2H6.CH4O/c1-14(2)12-16-18(24)23(20(26)21-16)17(13-15-8-4-3-5-9-15)19(25)22-10-6-7-11-22;2*1-2/h3-5,8-9,14,16-17H,6-7,10-13H2,1-2H3,(H,21,26);1-2H3;2H,1H3. The number of nitrogens with zero attached hydrogens (tertiary/aromatic N) is 2. The van der Waals surface area contributed by atoms with E-state index in [9.17, 15) is 14.4 Å². The maximum absolute atomic E-state index is 13.1. The Bertz CT molecular complexity index is 672. The van der Waals surface area contributed by atoms with Crippen LogP contribution in [0.3, 0.4) is 0 Å². The molecule has 1 aromatic carbocycles. The van der Waals surface area contributed by atoms with Crippen molar-refractivity contribution < 1.29 is 19.5 Å². The second-order valence-electron chi connectivity index (χ2n) is 7.58. The Morgan fingerprint density at radius 1 is 1.10 bits per heavy atom. The molecule has 3 rings (SSSR count). The number of carbonyl (C=O) groups is 3. The van der Waals surface area contributed by atoms with Crippen molar-refractivity contribution in [3.05, 3.63) is 35.9 Å². The van der Waals surface area contributed by atoms with Crippen LogP contribution in [0.25, 0.3) is 0 Å². The first-order valence-electron chi connectivity index (χ1n) is 10.9. The van der Waals surface area contributed by atoms with Crippen LogP contribution in [0.4, 0.5) is 4.79 Å². The molecule has 2 aliphatic heterocycles. The fourth-order valence-electron chi connectivity index (χ4n) is 3.75. The third-order valence-corrected chi connectivity index (χ3v) is 5.05. The van der Waals surface area contributed by atoms with Crippen LogP contribution in [0, 0.1) is 5.92 Å². The molecule has 1 aromatic rings. The molecule has 0 saturated carbocycles. The molecule has 7 heteroatoms. The quantitative estimate of drug-likeness (QED) is 0.694. The number of amides is 4. The highest BCUT2D eigenvalue weighted by Crippen LogP contribution is 2.22. The minimum absolute atomic E-state index is 0.125. The zero-order valence-corrected chi connectivity index (χ0v) is 18.9. The van der Waals surface area contributed by atoms with Crippen LogP contribution >= 0.6 is 0 Å². The van der Waals surface area contributed by atoms with E-state index in [1.807, 2.05) is 58.0 Å². The van der Waals surface area contributed by atoms with Gasteiger partial charge in [-0.25, -0.2) is 9.69 Å². The molecule has 0 aromatic heterocycles. The predicted molar refractivity (Wildman–Crippen MR) is 118 cm³/mol. The summed E-state index contributed by atoms with van der Waals surface area (Å²) < 4.78 is 0. The maximum atomic E-state index is 13.1. The van der Waals surface area contributed by atoms with Crippen LogP contribution in [0.1, 0.15) is 52.5 Å². The number of nitrogens with one attached hydrogen (secondary N) is 1. The van der Waals surface area contributed by atoms with Gasteiger partial charge in [0.25, 0.3) is 5.91 Å². The molecule has 30 heavy (non-hydrogen) atoms.